The fourth-order valence-electron chi connectivity index (χ4n) is 1.78. The molecule has 4 heteroatoms. The van der Waals surface area contributed by atoms with Crippen molar-refractivity contribution < 1.29 is 4.79 Å². The summed E-state index contributed by atoms with van der Waals surface area (Å²) in [6.45, 7) is 0.651. The second-order valence-corrected chi connectivity index (χ2v) is 4.34. The SMILES string of the molecule is Nc1ccc(CCCNC(=O)c2cccnc2)cc1. The summed E-state index contributed by atoms with van der Waals surface area (Å²) in [6.07, 6.45) is 5.04. The van der Waals surface area contributed by atoms with Crippen LogP contribution in [0.15, 0.2) is 48.8 Å². The highest BCUT2D eigenvalue weighted by atomic mass is 16.1. The molecule has 0 bridgehead atoms. The highest BCUT2D eigenvalue weighted by Crippen LogP contribution is 2.07. The molecule has 4 nitrogen and oxygen atoms in total. The average molecular weight is 255 g/mol. The average Bonchev–Trinajstić information content (AvgIpc) is 2.46. The van der Waals surface area contributed by atoms with Crippen LogP contribution in [0.25, 0.3) is 0 Å². The predicted molar refractivity (Wildman–Crippen MR) is 75.7 cm³/mol. The second-order valence-electron chi connectivity index (χ2n) is 4.34. The van der Waals surface area contributed by atoms with Crippen LogP contribution in [-0.2, 0) is 6.42 Å². The smallest absolute Gasteiger partial charge is 0.252 e. The lowest BCUT2D eigenvalue weighted by Crippen LogP contribution is -2.24. The van der Waals surface area contributed by atoms with Crippen molar-refractivity contribution in [3.05, 3.63) is 59.9 Å². The number of aromatic nitrogens is 1. The van der Waals surface area contributed by atoms with E-state index in [0.717, 1.165) is 18.5 Å². The molecule has 1 aromatic heterocycles. The Kier molecular flexibility index (Phi) is 4.50. The highest BCUT2D eigenvalue weighted by Gasteiger charge is 2.03. The van der Waals surface area contributed by atoms with Gasteiger partial charge in [-0.1, -0.05) is 12.1 Å². The minimum atomic E-state index is -0.0783. The van der Waals surface area contributed by atoms with E-state index >= 15 is 0 Å². The summed E-state index contributed by atoms with van der Waals surface area (Å²) in [5.41, 5.74) is 8.21. The van der Waals surface area contributed by atoms with E-state index in [2.05, 4.69) is 10.3 Å². The summed E-state index contributed by atoms with van der Waals surface area (Å²) in [4.78, 5) is 15.7. The number of aryl methyl sites for hydroxylation is 1. The second kappa shape index (κ2) is 6.54. The molecule has 1 aromatic carbocycles. The van der Waals surface area contributed by atoms with Gasteiger partial charge in [-0.25, -0.2) is 0 Å². The molecule has 0 unspecified atom stereocenters. The first-order valence-corrected chi connectivity index (χ1v) is 6.28. The molecule has 0 aliphatic heterocycles. The maximum atomic E-state index is 11.7. The summed E-state index contributed by atoms with van der Waals surface area (Å²) >= 11 is 0. The lowest BCUT2D eigenvalue weighted by Gasteiger charge is -2.05. The molecule has 1 amide bonds. The number of amides is 1. The van der Waals surface area contributed by atoms with Crippen molar-refractivity contribution >= 4 is 11.6 Å². The van der Waals surface area contributed by atoms with Gasteiger partial charge >= 0.3 is 0 Å². The summed E-state index contributed by atoms with van der Waals surface area (Å²) in [7, 11) is 0. The normalized spacial score (nSPS) is 10.1. The van der Waals surface area contributed by atoms with Gasteiger partial charge in [-0.3, -0.25) is 9.78 Å². The summed E-state index contributed by atoms with van der Waals surface area (Å²) in [5, 5.41) is 2.88. The number of anilines is 1. The number of carbonyl (C=O) groups is 1. The number of nitrogens with zero attached hydrogens (tertiary/aromatic N) is 1. The third-order valence-electron chi connectivity index (χ3n) is 2.83. The van der Waals surface area contributed by atoms with Gasteiger partial charge in [0.2, 0.25) is 0 Å². The molecule has 1 heterocycles. The van der Waals surface area contributed by atoms with Crippen LogP contribution in [0.4, 0.5) is 5.69 Å². The first-order chi connectivity index (χ1) is 9.25. The van der Waals surface area contributed by atoms with E-state index in [1.54, 1.807) is 24.5 Å². The lowest BCUT2D eigenvalue weighted by atomic mass is 10.1. The number of nitrogen functional groups attached to an aromatic ring is 1. The summed E-state index contributed by atoms with van der Waals surface area (Å²) < 4.78 is 0. The Labute approximate surface area is 112 Å². The Morgan fingerprint density at radius 2 is 2.00 bits per heavy atom. The van der Waals surface area contributed by atoms with E-state index < -0.39 is 0 Å². The first kappa shape index (κ1) is 13.1. The molecule has 0 saturated carbocycles. The molecule has 0 aliphatic rings. The number of rotatable bonds is 5. The number of nitrogens with one attached hydrogen (secondary N) is 1. The van der Waals surface area contributed by atoms with E-state index in [1.165, 1.54) is 5.56 Å². The molecular weight excluding hydrogens is 238 g/mol. The first-order valence-electron chi connectivity index (χ1n) is 6.28. The Bertz CT molecular complexity index is 523. The molecule has 0 aliphatic carbocycles. The fraction of sp³-hybridized carbons (Fsp3) is 0.200. The number of hydrogen-bond donors (Lipinski definition) is 2. The minimum Gasteiger partial charge on any atom is -0.399 e. The summed E-state index contributed by atoms with van der Waals surface area (Å²) in [5.74, 6) is -0.0783. The maximum Gasteiger partial charge on any atom is 0.252 e. The monoisotopic (exact) mass is 255 g/mol. The molecule has 3 N–H and O–H groups in total. The van der Waals surface area contributed by atoms with E-state index in [0.29, 0.717) is 12.1 Å². The van der Waals surface area contributed by atoms with Gasteiger partial charge in [-0.15, -0.1) is 0 Å². The predicted octanol–water partition coefficient (Wildman–Crippen LogP) is 2.03. The van der Waals surface area contributed by atoms with Gasteiger partial charge in [-0.2, -0.15) is 0 Å². The van der Waals surface area contributed by atoms with Crippen LogP contribution in [-0.4, -0.2) is 17.4 Å². The largest absolute Gasteiger partial charge is 0.399 e. The van der Waals surface area contributed by atoms with Gasteiger partial charge in [0.1, 0.15) is 0 Å². The zero-order chi connectivity index (χ0) is 13.5. The standard InChI is InChI=1S/C15H17N3O/c16-14-7-5-12(6-8-14)3-1-10-18-15(19)13-4-2-9-17-11-13/h2,4-9,11H,1,3,10,16H2,(H,18,19). The molecular formula is C15H17N3O. The van der Waals surface area contributed by atoms with E-state index in [1.807, 2.05) is 24.3 Å². The molecule has 0 radical (unpaired) electrons. The van der Waals surface area contributed by atoms with Crippen molar-refractivity contribution in [2.24, 2.45) is 0 Å². The Hall–Kier alpha value is -2.36. The summed E-state index contributed by atoms with van der Waals surface area (Å²) in [6, 6.07) is 11.3. The molecule has 2 rings (SSSR count). The topological polar surface area (TPSA) is 68.0 Å². The Morgan fingerprint density at radius 1 is 1.21 bits per heavy atom. The van der Waals surface area contributed by atoms with Crippen LogP contribution < -0.4 is 11.1 Å². The van der Waals surface area contributed by atoms with Crippen molar-refractivity contribution in [3.8, 4) is 0 Å². The fourth-order valence-corrected chi connectivity index (χ4v) is 1.78. The van der Waals surface area contributed by atoms with Crippen LogP contribution >= 0.6 is 0 Å². The molecule has 19 heavy (non-hydrogen) atoms. The highest BCUT2D eigenvalue weighted by molar-refractivity contribution is 5.93. The molecule has 0 fully saturated rings. The minimum absolute atomic E-state index is 0.0783. The number of carbonyl (C=O) groups excluding carboxylic acids is 1. The number of benzene rings is 1. The third-order valence-corrected chi connectivity index (χ3v) is 2.83. The van der Waals surface area contributed by atoms with Gasteiger partial charge < -0.3 is 11.1 Å². The van der Waals surface area contributed by atoms with Crippen LogP contribution in [0.2, 0.25) is 0 Å². The van der Waals surface area contributed by atoms with Crippen LogP contribution in [0.3, 0.4) is 0 Å². The Morgan fingerprint density at radius 3 is 2.68 bits per heavy atom. The van der Waals surface area contributed by atoms with Crippen molar-refractivity contribution in [2.75, 3.05) is 12.3 Å². The van der Waals surface area contributed by atoms with E-state index in [-0.39, 0.29) is 5.91 Å². The van der Waals surface area contributed by atoms with Crippen molar-refractivity contribution in [1.82, 2.24) is 10.3 Å². The van der Waals surface area contributed by atoms with Gasteiger partial charge in [0.05, 0.1) is 5.56 Å². The zero-order valence-electron chi connectivity index (χ0n) is 10.7. The van der Waals surface area contributed by atoms with Crippen LogP contribution in [0, 0.1) is 0 Å². The van der Waals surface area contributed by atoms with E-state index in [4.69, 9.17) is 5.73 Å². The van der Waals surface area contributed by atoms with Crippen LogP contribution in [0.5, 0.6) is 0 Å². The van der Waals surface area contributed by atoms with Crippen molar-refractivity contribution in [2.45, 2.75) is 12.8 Å². The molecule has 2 aromatic rings. The number of pyridine rings is 1. The molecule has 98 valence electrons. The van der Waals surface area contributed by atoms with Crippen molar-refractivity contribution in [3.63, 3.8) is 0 Å². The Balaban J connectivity index is 1.72. The molecule has 0 spiro atoms. The third kappa shape index (κ3) is 4.10. The lowest BCUT2D eigenvalue weighted by molar-refractivity contribution is 0.0953. The van der Waals surface area contributed by atoms with Crippen molar-refractivity contribution in [1.29, 1.82) is 0 Å². The quantitative estimate of drug-likeness (QED) is 0.634. The van der Waals surface area contributed by atoms with Gasteiger partial charge in [0, 0.05) is 24.6 Å². The van der Waals surface area contributed by atoms with Gasteiger partial charge in [0.15, 0.2) is 0 Å². The van der Waals surface area contributed by atoms with Gasteiger partial charge in [-0.05, 0) is 42.7 Å². The van der Waals surface area contributed by atoms with E-state index in [9.17, 15) is 4.79 Å². The zero-order valence-corrected chi connectivity index (χ0v) is 10.7. The number of nitrogens with two attached hydrogens (primary N) is 1. The molecule has 0 saturated heterocycles. The number of hydrogen-bond acceptors (Lipinski definition) is 3. The maximum absolute atomic E-state index is 11.7. The van der Waals surface area contributed by atoms with Gasteiger partial charge in [0.25, 0.3) is 5.91 Å². The molecule has 0 atom stereocenters. The van der Waals surface area contributed by atoms with Crippen LogP contribution in [0.1, 0.15) is 22.3 Å².